The van der Waals surface area contributed by atoms with Gasteiger partial charge in [0.15, 0.2) is 0 Å². The van der Waals surface area contributed by atoms with E-state index in [1.165, 1.54) is 4.70 Å². The molecule has 1 unspecified atom stereocenters. The van der Waals surface area contributed by atoms with Crippen molar-refractivity contribution in [3.05, 3.63) is 59.1 Å². The van der Waals surface area contributed by atoms with Crippen LogP contribution in [-0.2, 0) is 6.54 Å². The molecule has 0 amide bonds. The molecule has 23 heavy (non-hydrogen) atoms. The van der Waals surface area contributed by atoms with E-state index in [1.54, 1.807) is 18.4 Å². The summed E-state index contributed by atoms with van der Waals surface area (Å²) < 4.78 is 6.38. The zero-order valence-electron chi connectivity index (χ0n) is 13.3. The number of hydrogen-bond acceptors (Lipinski definition) is 5. The lowest BCUT2D eigenvalue weighted by molar-refractivity contribution is 0.142. The summed E-state index contributed by atoms with van der Waals surface area (Å²) in [4.78, 5) is 6.62. The van der Waals surface area contributed by atoms with Crippen LogP contribution in [0.25, 0.3) is 10.2 Å². The summed E-state index contributed by atoms with van der Waals surface area (Å²) in [6.07, 6.45) is 1.91. The lowest BCUT2D eigenvalue weighted by Crippen LogP contribution is -2.27. The zero-order valence-corrected chi connectivity index (χ0v) is 14.1. The average Bonchev–Trinajstić information content (AvgIpc) is 3.04. The molecule has 0 aliphatic heterocycles. The van der Waals surface area contributed by atoms with E-state index in [-0.39, 0.29) is 12.6 Å². The van der Waals surface area contributed by atoms with Crippen LogP contribution in [0.15, 0.2) is 48.0 Å². The second kappa shape index (κ2) is 7.08. The Bertz CT molecular complexity index is 770. The number of hydrogen-bond donors (Lipinski definition) is 1. The molecule has 0 saturated heterocycles. The first-order chi connectivity index (χ1) is 11.2. The molecule has 0 aliphatic rings. The molecular weight excluding hydrogens is 308 g/mol. The normalized spacial score (nSPS) is 12.7. The van der Waals surface area contributed by atoms with Crippen molar-refractivity contribution in [1.29, 1.82) is 0 Å². The van der Waals surface area contributed by atoms with Gasteiger partial charge in [-0.15, -0.1) is 11.3 Å². The highest BCUT2D eigenvalue weighted by Gasteiger charge is 2.17. The highest BCUT2D eigenvalue weighted by atomic mass is 32.1. The van der Waals surface area contributed by atoms with Crippen molar-refractivity contribution < 1.29 is 9.84 Å². The van der Waals surface area contributed by atoms with Gasteiger partial charge in [-0.3, -0.25) is 9.88 Å². The number of fused-ring (bicyclic) bond motifs is 1. The number of thiophene rings is 1. The standard InChI is InChI=1S/C18H20N2O2S/c1-20(11-13-9-18-16(19-10-13)7-8-23-18)17(12-21)14-3-5-15(22-2)6-4-14/h3-10,17,21H,11-12H2,1-2H3. The number of nitrogens with zero attached hydrogens (tertiary/aromatic N) is 2. The first kappa shape index (κ1) is 15.9. The Morgan fingerprint density at radius 1 is 1.26 bits per heavy atom. The predicted molar refractivity (Wildman–Crippen MR) is 93.9 cm³/mol. The van der Waals surface area contributed by atoms with E-state index in [4.69, 9.17) is 4.74 Å². The molecule has 2 heterocycles. The van der Waals surface area contributed by atoms with Gasteiger partial charge in [-0.25, -0.2) is 0 Å². The van der Waals surface area contributed by atoms with Gasteiger partial charge in [0.05, 0.1) is 30.0 Å². The molecule has 120 valence electrons. The third-order valence-corrected chi connectivity index (χ3v) is 4.85. The van der Waals surface area contributed by atoms with E-state index < -0.39 is 0 Å². The van der Waals surface area contributed by atoms with Crippen molar-refractivity contribution in [3.63, 3.8) is 0 Å². The van der Waals surface area contributed by atoms with Gasteiger partial charge in [0.2, 0.25) is 0 Å². The summed E-state index contributed by atoms with van der Waals surface area (Å²) in [6.45, 7) is 0.801. The third-order valence-electron chi connectivity index (χ3n) is 4.00. The molecule has 1 N–H and O–H groups in total. The van der Waals surface area contributed by atoms with Crippen LogP contribution in [0, 0.1) is 0 Å². The molecule has 0 radical (unpaired) electrons. The van der Waals surface area contributed by atoms with Crippen LogP contribution in [0.3, 0.4) is 0 Å². The van der Waals surface area contributed by atoms with Crippen molar-refractivity contribution >= 4 is 21.6 Å². The minimum absolute atomic E-state index is 0.0556. The highest BCUT2D eigenvalue weighted by molar-refractivity contribution is 7.17. The molecule has 3 rings (SSSR count). The molecule has 1 atom stereocenters. The van der Waals surface area contributed by atoms with E-state index in [9.17, 15) is 5.11 Å². The number of likely N-dealkylation sites (N-methyl/N-ethyl adjacent to an activating group) is 1. The van der Waals surface area contributed by atoms with Gasteiger partial charge in [-0.2, -0.15) is 0 Å². The monoisotopic (exact) mass is 328 g/mol. The molecule has 0 bridgehead atoms. The number of rotatable bonds is 6. The Kier molecular flexibility index (Phi) is 4.91. The number of aromatic nitrogens is 1. The maximum atomic E-state index is 9.81. The van der Waals surface area contributed by atoms with Gasteiger partial charge in [0.25, 0.3) is 0 Å². The van der Waals surface area contributed by atoms with E-state index >= 15 is 0 Å². The molecule has 5 heteroatoms. The second-order valence-corrected chi connectivity index (χ2v) is 6.48. The Morgan fingerprint density at radius 2 is 2.04 bits per heavy atom. The molecule has 0 saturated carbocycles. The first-order valence-electron chi connectivity index (χ1n) is 7.48. The number of benzene rings is 1. The maximum Gasteiger partial charge on any atom is 0.118 e. The third kappa shape index (κ3) is 3.52. The Hall–Kier alpha value is -1.95. The van der Waals surface area contributed by atoms with Crippen LogP contribution in [0.1, 0.15) is 17.2 Å². The zero-order chi connectivity index (χ0) is 16.2. The number of ether oxygens (including phenoxy) is 1. The molecule has 0 aliphatic carbocycles. The molecular formula is C18H20N2O2S. The Balaban J connectivity index is 1.76. The molecule has 0 spiro atoms. The fourth-order valence-electron chi connectivity index (χ4n) is 2.70. The summed E-state index contributed by atoms with van der Waals surface area (Å²) in [6, 6.07) is 12.0. The van der Waals surface area contributed by atoms with Crippen molar-refractivity contribution in [2.45, 2.75) is 12.6 Å². The fourth-order valence-corrected chi connectivity index (χ4v) is 3.50. The van der Waals surface area contributed by atoms with E-state index in [2.05, 4.69) is 21.3 Å². The van der Waals surface area contributed by atoms with Crippen LogP contribution < -0.4 is 4.74 Å². The van der Waals surface area contributed by atoms with Gasteiger partial charge in [0, 0.05) is 12.7 Å². The Morgan fingerprint density at radius 3 is 2.74 bits per heavy atom. The molecule has 1 aromatic carbocycles. The van der Waals surface area contributed by atoms with Gasteiger partial charge in [0.1, 0.15) is 5.75 Å². The van der Waals surface area contributed by atoms with Crippen molar-refractivity contribution in [1.82, 2.24) is 9.88 Å². The van der Waals surface area contributed by atoms with Gasteiger partial charge in [-0.05, 0) is 47.8 Å². The number of pyridine rings is 1. The molecule has 4 nitrogen and oxygen atoms in total. The van der Waals surface area contributed by atoms with Crippen molar-refractivity contribution in [2.75, 3.05) is 20.8 Å². The number of methoxy groups -OCH3 is 1. The van der Waals surface area contributed by atoms with Crippen LogP contribution in [-0.4, -0.2) is 35.8 Å². The van der Waals surface area contributed by atoms with Crippen LogP contribution in [0.5, 0.6) is 5.75 Å². The van der Waals surface area contributed by atoms with Crippen molar-refractivity contribution in [3.8, 4) is 5.75 Å². The largest absolute Gasteiger partial charge is 0.497 e. The summed E-state index contributed by atoms with van der Waals surface area (Å²) in [7, 11) is 3.67. The van der Waals surface area contributed by atoms with Crippen molar-refractivity contribution in [2.24, 2.45) is 0 Å². The van der Waals surface area contributed by atoms with E-state index in [0.717, 1.165) is 28.9 Å². The summed E-state index contributed by atoms with van der Waals surface area (Å²) in [5.41, 5.74) is 3.26. The minimum atomic E-state index is -0.0556. The van der Waals surface area contributed by atoms with Gasteiger partial charge in [-0.1, -0.05) is 12.1 Å². The van der Waals surface area contributed by atoms with Crippen LogP contribution in [0.4, 0.5) is 0 Å². The van der Waals surface area contributed by atoms with Crippen LogP contribution in [0.2, 0.25) is 0 Å². The lowest BCUT2D eigenvalue weighted by Gasteiger charge is -2.27. The summed E-state index contributed by atoms with van der Waals surface area (Å²) >= 11 is 1.70. The average molecular weight is 328 g/mol. The summed E-state index contributed by atoms with van der Waals surface area (Å²) in [5.74, 6) is 0.820. The topological polar surface area (TPSA) is 45.6 Å². The molecule has 3 aromatic rings. The smallest absolute Gasteiger partial charge is 0.118 e. The van der Waals surface area contributed by atoms with E-state index in [0.29, 0.717) is 0 Å². The van der Waals surface area contributed by atoms with Gasteiger partial charge >= 0.3 is 0 Å². The fraction of sp³-hybridized carbons (Fsp3) is 0.278. The maximum absolute atomic E-state index is 9.81. The minimum Gasteiger partial charge on any atom is -0.497 e. The second-order valence-electron chi connectivity index (χ2n) is 5.53. The molecule has 0 fully saturated rings. The van der Waals surface area contributed by atoms with Gasteiger partial charge < -0.3 is 9.84 Å². The Labute approximate surface area is 140 Å². The lowest BCUT2D eigenvalue weighted by atomic mass is 10.1. The first-order valence-corrected chi connectivity index (χ1v) is 8.36. The predicted octanol–water partition coefficient (Wildman–Crippen LogP) is 3.47. The van der Waals surface area contributed by atoms with Crippen LogP contribution >= 0.6 is 11.3 Å². The van der Waals surface area contributed by atoms with E-state index in [1.807, 2.05) is 43.6 Å². The number of aliphatic hydroxyl groups excluding tert-OH is 1. The number of aliphatic hydroxyl groups is 1. The summed E-state index contributed by atoms with van der Waals surface area (Å²) in [5, 5.41) is 11.9. The quantitative estimate of drug-likeness (QED) is 0.752. The SMILES string of the molecule is COc1ccc(C(CO)N(C)Cc2cnc3ccsc3c2)cc1. The molecule has 2 aromatic heterocycles. The highest BCUT2D eigenvalue weighted by Crippen LogP contribution is 2.25.